The number of carbonyl (C=O) groups excluding carboxylic acids is 1. The Morgan fingerprint density at radius 1 is 1.31 bits per heavy atom. The van der Waals surface area contributed by atoms with Crippen LogP contribution in [0.15, 0.2) is 30.0 Å². The number of benzene rings is 1. The fourth-order valence-corrected chi connectivity index (χ4v) is 4.73. The van der Waals surface area contributed by atoms with Crippen LogP contribution in [0.3, 0.4) is 0 Å². The molecule has 2 heterocycles. The Kier molecular flexibility index (Phi) is 5.44. The van der Waals surface area contributed by atoms with Crippen LogP contribution in [0.25, 0.3) is 10.9 Å². The summed E-state index contributed by atoms with van der Waals surface area (Å²) in [6.45, 7) is 5.71. The van der Waals surface area contributed by atoms with Gasteiger partial charge in [0.25, 0.3) is 5.91 Å². The lowest BCUT2D eigenvalue weighted by Gasteiger charge is -2.27. The number of thiazole rings is 1. The smallest absolute Gasteiger partial charge is 0.267 e. The van der Waals surface area contributed by atoms with E-state index in [4.69, 9.17) is 5.10 Å². The Morgan fingerprint density at radius 3 is 2.69 bits per heavy atom. The third-order valence-electron chi connectivity index (χ3n) is 5.99. The van der Waals surface area contributed by atoms with Crippen molar-refractivity contribution in [3.05, 3.63) is 40.5 Å². The summed E-state index contributed by atoms with van der Waals surface area (Å²) >= 11 is 1.29. The first kappa shape index (κ1) is 20.0. The molecule has 3 aromatic rings. The summed E-state index contributed by atoms with van der Waals surface area (Å²) in [6, 6.07) is 4.24. The highest BCUT2D eigenvalue weighted by molar-refractivity contribution is 7.11. The molecule has 0 radical (unpaired) electrons. The molecule has 0 saturated heterocycles. The second kappa shape index (κ2) is 7.88. The lowest BCUT2D eigenvalue weighted by molar-refractivity contribution is 0.0794. The number of carbonyl (C=O) groups is 1. The van der Waals surface area contributed by atoms with E-state index in [-0.39, 0.29) is 5.91 Å². The van der Waals surface area contributed by atoms with Gasteiger partial charge in [-0.15, -0.1) is 11.3 Å². The van der Waals surface area contributed by atoms with E-state index in [1.54, 1.807) is 25.6 Å². The molecule has 7 heteroatoms. The van der Waals surface area contributed by atoms with Crippen LogP contribution in [0, 0.1) is 5.92 Å². The Morgan fingerprint density at radius 2 is 2.07 bits per heavy atom. The highest BCUT2D eigenvalue weighted by Gasteiger charge is 2.25. The molecular formula is C22H28N4O2S. The number of amides is 1. The van der Waals surface area contributed by atoms with E-state index < -0.39 is 5.60 Å². The number of aliphatic hydroxyl groups is 1. The van der Waals surface area contributed by atoms with Crippen LogP contribution >= 0.6 is 11.3 Å². The number of anilines is 1. The fraction of sp³-hybridized carbons (Fsp3) is 0.500. The van der Waals surface area contributed by atoms with E-state index in [9.17, 15) is 9.90 Å². The van der Waals surface area contributed by atoms with Gasteiger partial charge in [-0.05, 0) is 57.6 Å². The average Bonchev–Trinajstić information content (AvgIpc) is 3.36. The van der Waals surface area contributed by atoms with Gasteiger partial charge in [-0.2, -0.15) is 5.10 Å². The third kappa shape index (κ3) is 4.21. The van der Waals surface area contributed by atoms with Gasteiger partial charge in [0.1, 0.15) is 4.88 Å². The highest BCUT2D eigenvalue weighted by atomic mass is 32.1. The molecule has 1 aliphatic rings. The van der Waals surface area contributed by atoms with Gasteiger partial charge in [0.2, 0.25) is 0 Å². The molecule has 0 spiro atoms. The molecule has 0 aliphatic heterocycles. The molecule has 29 heavy (non-hydrogen) atoms. The lowest BCUT2D eigenvalue weighted by Crippen LogP contribution is -2.20. The topological polar surface area (TPSA) is 80.0 Å². The standard InChI is InChI=1S/C22H28N4O2S/c1-4-14-5-7-16(8-6-14)26-12-15-9-19(24-21(27)20-11-23-13-29-20)17(22(2,3)28)10-18(15)25-26/h9-14,16,28H,4-8H2,1-3H3,(H,24,27). The maximum Gasteiger partial charge on any atom is 0.267 e. The molecular weight excluding hydrogens is 384 g/mol. The van der Waals surface area contributed by atoms with Crippen LogP contribution < -0.4 is 5.32 Å². The van der Waals surface area contributed by atoms with Gasteiger partial charge in [-0.3, -0.25) is 14.5 Å². The number of hydrogen-bond donors (Lipinski definition) is 2. The van der Waals surface area contributed by atoms with Crippen molar-refractivity contribution in [1.82, 2.24) is 14.8 Å². The summed E-state index contributed by atoms with van der Waals surface area (Å²) in [5.41, 5.74) is 2.63. The van der Waals surface area contributed by atoms with Crippen molar-refractivity contribution in [2.24, 2.45) is 5.92 Å². The summed E-state index contributed by atoms with van der Waals surface area (Å²) in [4.78, 5) is 17.1. The molecule has 1 fully saturated rings. The number of hydrogen-bond acceptors (Lipinski definition) is 5. The van der Waals surface area contributed by atoms with Crippen molar-refractivity contribution in [3.63, 3.8) is 0 Å². The third-order valence-corrected chi connectivity index (χ3v) is 6.76. The van der Waals surface area contributed by atoms with Crippen molar-refractivity contribution in [2.45, 2.75) is 64.5 Å². The van der Waals surface area contributed by atoms with Gasteiger partial charge >= 0.3 is 0 Å². The maximum atomic E-state index is 12.6. The SMILES string of the molecule is CCC1CCC(n2cc3cc(NC(=O)c4cncs4)c(C(C)(C)O)cc3n2)CC1. The molecule has 1 aromatic carbocycles. The Labute approximate surface area is 175 Å². The zero-order valence-corrected chi connectivity index (χ0v) is 18.0. The van der Waals surface area contributed by atoms with E-state index >= 15 is 0 Å². The predicted molar refractivity (Wildman–Crippen MR) is 116 cm³/mol. The number of rotatable bonds is 5. The van der Waals surface area contributed by atoms with Crippen molar-refractivity contribution < 1.29 is 9.90 Å². The highest BCUT2D eigenvalue weighted by Crippen LogP contribution is 2.36. The molecule has 1 aliphatic carbocycles. The Hall–Kier alpha value is -2.25. The number of aromatic nitrogens is 3. The van der Waals surface area contributed by atoms with E-state index in [1.165, 1.54) is 30.6 Å². The first-order valence-corrected chi connectivity index (χ1v) is 11.2. The fourth-order valence-electron chi connectivity index (χ4n) is 4.22. The van der Waals surface area contributed by atoms with Gasteiger partial charge in [0, 0.05) is 22.8 Å². The van der Waals surface area contributed by atoms with Gasteiger partial charge < -0.3 is 10.4 Å². The van der Waals surface area contributed by atoms with Crippen molar-refractivity contribution >= 4 is 33.8 Å². The van der Waals surface area contributed by atoms with Gasteiger partial charge in [0.05, 0.1) is 28.9 Å². The lowest BCUT2D eigenvalue weighted by atomic mass is 9.85. The molecule has 0 unspecified atom stereocenters. The molecule has 6 nitrogen and oxygen atoms in total. The largest absolute Gasteiger partial charge is 0.386 e. The molecule has 154 valence electrons. The van der Waals surface area contributed by atoms with Crippen LogP contribution in [0.5, 0.6) is 0 Å². The Balaban J connectivity index is 1.66. The van der Waals surface area contributed by atoms with Crippen LogP contribution in [0.1, 0.15) is 74.2 Å². The second-order valence-corrected chi connectivity index (χ2v) is 9.41. The minimum absolute atomic E-state index is 0.220. The summed E-state index contributed by atoms with van der Waals surface area (Å²) in [6.07, 6.45) is 9.69. The quantitative estimate of drug-likeness (QED) is 0.610. The van der Waals surface area contributed by atoms with Gasteiger partial charge in [-0.25, -0.2) is 0 Å². The maximum absolute atomic E-state index is 12.6. The minimum atomic E-state index is -1.10. The summed E-state index contributed by atoms with van der Waals surface area (Å²) < 4.78 is 2.08. The van der Waals surface area contributed by atoms with E-state index in [1.807, 2.05) is 12.1 Å². The predicted octanol–water partition coefficient (Wildman–Crippen LogP) is 5.11. The zero-order valence-electron chi connectivity index (χ0n) is 17.2. The van der Waals surface area contributed by atoms with Crippen LogP contribution in [-0.2, 0) is 5.60 Å². The zero-order chi connectivity index (χ0) is 20.6. The van der Waals surface area contributed by atoms with Crippen molar-refractivity contribution in [1.29, 1.82) is 0 Å². The first-order chi connectivity index (χ1) is 13.8. The monoisotopic (exact) mass is 412 g/mol. The molecule has 4 rings (SSSR count). The van der Waals surface area contributed by atoms with Gasteiger partial charge in [0.15, 0.2) is 0 Å². The molecule has 1 amide bonds. The molecule has 2 aromatic heterocycles. The van der Waals surface area contributed by atoms with Crippen molar-refractivity contribution in [3.8, 4) is 0 Å². The van der Waals surface area contributed by atoms with Gasteiger partial charge in [-0.1, -0.05) is 13.3 Å². The summed E-state index contributed by atoms with van der Waals surface area (Å²) in [5, 5.41) is 19.4. The Bertz CT molecular complexity index is 996. The number of nitrogens with one attached hydrogen (secondary N) is 1. The van der Waals surface area contributed by atoms with E-state index in [0.717, 1.165) is 29.7 Å². The first-order valence-electron chi connectivity index (χ1n) is 10.3. The van der Waals surface area contributed by atoms with E-state index in [2.05, 4.69) is 28.1 Å². The summed E-state index contributed by atoms with van der Waals surface area (Å²) in [7, 11) is 0. The van der Waals surface area contributed by atoms with Crippen molar-refractivity contribution in [2.75, 3.05) is 5.32 Å². The van der Waals surface area contributed by atoms with E-state index in [0.29, 0.717) is 22.2 Å². The normalized spacial score (nSPS) is 20.1. The molecule has 1 saturated carbocycles. The molecule has 2 N–H and O–H groups in total. The average molecular weight is 413 g/mol. The molecule has 0 bridgehead atoms. The van der Waals surface area contributed by atoms with Crippen LogP contribution in [-0.4, -0.2) is 25.8 Å². The van der Waals surface area contributed by atoms with Crippen LogP contribution in [0.4, 0.5) is 5.69 Å². The number of nitrogens with zero attached hydrogens (tertiary/aromatic N) is 3. The molecule has 0 atom stereocenters. The van der Waals surface area contributed by atoms with Crippen LogP contribution in [0.2, 0.25) is 0 Å². The number of fused-ring (bicyclic) bond motifs is 1. The minimum Gasteiger partial charge on any atom is -0.386 e. The summed E-state index contributed by atoms with van der Waals surface area (Å²) in [5.74, 6) is 0.620. The second-order valence-electron chi connectivity index (χ2n) is 8.53.